The van der Waals surface area contributed by atoms with Crippen molar-refractivity contribution in [3.8, 4) is 0 Å². The number of rotatable bonds is 9. The summed E-state index contributed by atoms with van der Waals surface area (Å²) in [5, 5.41) is 2.98. The Hall–Kier alpha value is -0.610. The first-order valence-electron chi connectivity index (χ1n) is 6.39. The highest BCUT2D eigenvalue weighted by atomic mass is 16.5. The minimum absolute atomic E-state index is 0.124. The second kappa shape index (κ2) is 8.48. The number of carbonyl (C=O) groups excluding carboxylic acids is 1. The van der Waals surface area contributed by atoms with Gasteiger partial charge in [0.1, 0.15) is 0 Å². The van der Waals surface area contributed by atoms with Gasteiger partial charge < -0.3 is 15.8 Å². The van der Waals surface area contributed by atoms with Gasteiger partial charge in [-0.25, -0.2) is 0 Å². The Labute approximate surface area is 105 Å². The minimum atomic E-state index is 0.124. The molecule has 0 aliphatic carbocycles. The van der Waals surface area contributed by atoms with E-state index in [1.54, 1.807) is 7.11 Å². The molecule has 3 N–H and O–H groups in total. The molecule has 0 radical (unpaired) electrons. The molecule has 4 nitrogen and oxygen atoms in total. The van der Waals surface area contributed by atoms with E-state index in [-0.39, 0.29) is 17.4 Å². The fourth-order valence-electron chi connectivity index (χ4n) is 1.68. The molecule has 0 saturated heterocycles. The lowest BCUT2D eigenvalue weighted by molar-refractivity contribution is -0.122. The Bertz CT molecular complexity index is 217. The van der Waals surface area contributed by atoms with Gasteiger partial charge in [-0.2, -0.15) is 0 Å². The van der Waals surface area contributed by atoms with Gasteiger partial charge in [-0.3, -0.25) is 4.79 Å². The number of methoxy groups -OCH3 is 1. The van der Waals surface area contributed by atoms with Crippen LogP contribution in [0.25, 0.3) is 0 Å². The largest absolute Gasteiger partial charge is 0.385 e. The van der Waals surface area contributed by atoms with Crippen LogP contribution in [-0.2, 0) is 9.53 Å². The molecule has 1 atom stereocenters. The zero-order valence-electron chi connectivity index (χ0n) is 11.7. The monoisotopic (exact) mass is 244 g/mol. The second-order valence-corrected chi connectivity index (χ2v) is 5.45. The Morgan fingerprint density at radius 1 is 1.41 bits per heavy atom. The lowest BCUT2D eigenvalue weighted by atomic mass is 9.84. The number of nitrogens with two attached hydrogens (primary N) is 1. The van der Waals surface area contributed by atoms with E-state index in [2.05, 4.69) is 19.2 Å². The highest BCUT2D eigenvalue weighted by Crippen LogP contribution is 2.25. The summed E-state index contributed by atoms with van der Waals surface area (Å²) in [6.45, 7) is 7.67. The average molecular weight is 244 g/mol. The van der Waals surface area contributed by atoms with E-state index in [1.807, 2.05) is 6.92 Å². The maximum atomic E-state index is 11.7. The number of hydrogen-bond donors (Lipinski definition) is 2. The number of ether oxygens (including phenoxy) is 1. The number of hydrogen-bond acceptors (Lipinski definition) is 3. The van der Waals surface area contributed by atoms with E-state index >= 15 is 0 Å². The molecule has 1 amide bonds. The van der Waals surface area contributed by atoms with Crippen molar-refractivity contribution < 1.29 is 9.53 Å². The summed E-state index contributed by atoms with van der Waals surface area (Å²) in [6.07, 6.45) is 3.27. The van der Waals surface area contributed by atoms with Crippen LogP contribution in [0.15, 0.2) is 0 Å². The summed E-state index contributed by atoms with van der Waals surface area (Å²) in [5.41, 5.74) is 5.70. The van der Waals surface area contributed by atoms with E-state index in [4.69, 9.17) is 10.5 Å². The van der Waals surface area contributed by atoms with Crippen LogP contribution in [0.3, 0.4) is 0 Å². The van der Waals surface area contributed by atoms with Crippen LogP contribution >= 0.6 is 0 Å². The van der Waals surface area contributed by atoms with Crippen molar-refractivity contribution in [2.24, 2.45) is 11.1 Å². The molecule has 0 saturated carbocycles. The molecule has 0 heterocycles. The van der Waals surface area contributed by atoms with E-state index in [1.165, 1.54) is 0 Å². The summed E-state index contributed by atoms with van der Waals surface area (Å²) in [4.78, 5) is 11.7. The van der Waals surface area contributed by atoms with Crippen LogP contribution in [0.2, 0.25) is 0 Å². The minimum Gasteiger partial charge on any atom is -0.385 e. The molecule has 17 heavy (non-hydrogen) atoms. The van der Waals surface area contributed by atoms with Gasteiger partial charge in [0.15, 0.2) is 0 Å². The Morgan fingerprint density at radius 3 is 2.59 bits per heavy atom. The Balaban J connectivity index is 3.79. The van der Waals surface area contributed by atoms with Crippen molar-refractivity contribution in [1.29, 1.82) is 0 Å². The van der Waals surface area contributed by atoms with Gasteiger partial charge in [-0.1, -0.05) is 13.8 Å². The van der Waals surface area contributed by atoms with E-state index < -0.39 is 0 Å². The molecule has 0 rings (SSSR count). The molecule has 0 aliphatic rings. The standard InChI is InChI=1S/C13H28N2O2/c1-11(6-10-17-4)15-12(16)5-7-13(2,3)8-9-14/h11H,5-10,14H2,1-4H3,(H,15,16). The summed E-state index contributed by atoms with van der Waals surface area (Å²) in [5.74, 6) is 0.124. The van der Waals surface area contributed by atoms with Crippen molar-refractivity contribution in [2.45, 2.75) is 52.5 Å². The van der Waals surface area contributed by atoms with Gasteiger partial charge in [0.2, 0.25) is 5.91 Å². The molecule has 0 aliphatic heterocycles. The van der Waals surface area contributed by atoms with Crippen molar-refractivity contribution in [2.75, 3.05) is 20.3 Å². The molecular formula is C13H28N2O2. The van der Waals surface area contributed by atoms with Crippen molar-refractivity contribution >= 4 is 5.91 Å². The third kappa shape index (κ3) is 9.12. The normalized spacial score (nSPS) is 13.5. The van der Waals surface area contributed by atoms with Gasteiger partial charge in [0.05, 0.1) is 0 Å². The maximum Gasteiger partial charge on any atom is 0.220 e. The topological polar surface area (TPSA) is 64.3 Å². The summed E-state index contributed by atoms with van der Waals surface area (Å²) in [6, 6.07) is 0.181. The molecule has 0 aromatic carbocycles. The van der Waals surface area contributed by atoms with Crippen molar-refractivity contribution in [3.05, 3.63) is 0 Å². The molecule has 0 aromatic heterocycles. The Kier molecular flexibility index (Phi) is 8.17. The fourth-order valence-corrected chi connectivity index (χ4v) is 1.68. The SMILES string of the molecule is COCCC(C)NC(=O)CCC(C)(C)CCN. The summed E-state index contributed by atoms with van der Waals surface area (Å²) in [7, 11) is 1.67. The highest BCUT2D eigenvalue weighted by Gasteiger charge is 2.18. The average Bonchev–Trinajstić information content (AvgIpc) is 2.24. The first-order valence-corrected chi connectivity index (χ1v) is 6.39. The number of nitrogens with one attached hydrogen (secondary N) is 1. The zero-order valence-corrected chi connectivity index (χ0v) is 11.7. The number of carbonyl (C=O) groups is 1. The van der Waals surface area contributed by atoms with E-state index in [0.717, 1.165) is 19.3 Å². The molecule has 0 aromatic rings. The van der Waals surface area contributed by atoms with Gasteiger partial charge in [0.25, 0.3) is 0 Å². The third-order valence-electron chi connectivity index (χ3n) is 3.01. The first kappa shape index (κ1) is 16.4. The summed E-state index contributed by atoms with van der Waals surface area (Å²) < 4.78 is 4.98. The van der Waals surface area contributed by atoms with Gasteiger partial charge in [-0.15, -0.1) is 0 Å². The van der Waals surface area contributed by atoms with Crippen LogP contribution < -0.4 is 11.1 Å². The quantitative estimate of drug-likeness (QED) is 0.648. The Morgan fingerprint density at radius 2 is 2.06 bits per heavy atom. The van der Waals surface area contributed by atoms with Crippen molar-refractivity contribution in [3.63, 3.8) is 0 Å². The maximum absolute atomic E-state index is 11.7. The third-order valence-corrected chi connectivity index (χ3v) is 3.01. The van der Waals surface area contributed by atoms with Gasteiger partial charge >= 0.3 is 0 Å². The molecule has 0 fully saturated rings. The molecule has 0 bridgehead atoms. The predicted octanol–water partition coefficient (Wildman–Crippen LogP) is 1.68. The molecular weight excluding hydrogens is 216 g/mol. The van der Waals surface area contributed by atoms with Crippen LogP contribution in [0.4, 0.5) is 0 Å². The molecule has 102 valence electrons. The van der Waals surface area contributed by atoms with E-state index in [0.29, 0.717) is 19.6 Å². The molecule has 0 spiro atoms. The molecule has 4 heteroatoms. The highest BCUT2D eigenvalue weighted by molar-refractivity contribution is 5.76. The van der Waals surface area contributed by atoms with Crippen LogP contribution in [-0.4, -0.2) is 32.2 Å². The van der Waals surface area contributed by atoms with Crippen LogP contribution in [0.5, 0.6) is 0 Å². The van der Waals surface area contributed by atoms with Crippen LogP contribution in [0.1, 0.15) is 46.5 Å². The fraction of sp³-hybridized carbons (Fsp3) is 0.923. The second-order valence-electron chi connectivity index (χ2n) is 5.45. The number of amides is 1. The lowest BCUT2D eigenvalue weighted by Gasteiger charge is -2.23. The van der Waals surface area contributed by atoms with E-state index in [9.17, 15) is 4.79 Å². The van der Waals surface area contributed by atoms with Gasteiger partial charge in [0, 0.05) is 26.2 Å². The predicted molar refractivity (Wildman–Crippen MR) is 70.8 cm³/mol. The molecule has 1 unspecified atom stereocenters. The summed E-state index contributed by atoms with van der Waals surface area (Å²) >= 11 is 0. The van der Waals surface area contributed by atoms with Crippen molar-refractivity contribution in [1.82, 2.24) is 5.32 Å². The zero-order chi connectivity index (χ0) is 13.3. The van der Waals surface area contributed by atoms with Gasteiger partial charge in [-0.05, 0) is 38.1 Å². The smallest absolute Gasteiger partial charge is 0.220 e. The lowest BCUT2D eigenvalue weighted by Crippen LogP contribution is -2.34. The van der Waals surface area contributed by atoms with Crippen LogP contribution in [0, 0.1) is 5.41 Å². The first-order chi connectivity index (χ1) is 7.91.